The molecule has 0 aliphatic rings. The van der Waals surface area contributed by atoms with Gasteiger partial charge >= 0.3 is 0 Å². The van der Waals surface area contributed by atoms with Crippen molar-refractivity contribution in [1.82, 2.24) is 4.98 Å². The highest BCUT2D eigenvalue weighted by atomic mass is 14.7. The summed E-state index contributed by atoms with van der Waals surface area (Å²) in [6, 6.07) is 2.11. The second kappa shape index (κ2) is 7.61. The minimum atomic E-state index is 0.433. The third kappa shape index (κ3) is 3.70. The highest BCUT2D eigenvalue weighted by molar-refractivity contribution is 5.64. The van der Waals surface area contributed by atoms with Crippen LogP contribution in [0, 0.1) is 0 Å². The maximum atomic E-state index is 4.49. The van der Waals surface area contributed by atoms with E-state index in [1.54, 1.807) is 12.2 Å². The Morgan fingerprint density at radius 3 is 1.88 bits per heavy atom. The maximum Gasteiger partial charge on any atom is 0.0703 e. The Balaban J connectivity index is 0.00000121. The molecular weight excluding hydrogens is 206 g/mol. The van der Waals surface area contributed by atoms with E-state index in [2.05, 4.69) is 44.6 Å². The number of hydrogen-bond donors (Lipinski definition) is 0. The molecular formula is C16H23N. The van der Waals surface area contributed by atoms with E-state index < -0.39 is 0 Å². The van der Waals surface area contributed by atoms with Gasteiger partial charge < -0.3 is 0 Å². The predicted octanol–water partition coefficient (Wildman–Crippen LogP) is 5.16. The third-order valence-electron chi connectivity index (χ3n) is 2.37. The van der Waals surface area contributed by atoms with Crippen molar-refractivity contribution < 1.29 is 0 Å². The Morgan fingerprint density at radius 1 is 1.00 bits per heavy atom. The zero-order valence-electron chi connectivity index (χ0n) is 11.5. The fourth-order valence-electron chi connectivity index (χ4n) is 1.53. The molecule has 0 N–H and O–H groups in total. The van der Waals surface area contributed by atoms with Gasteiger partial charge in [-0.3, -0.25) is 0 Å². The number of aromatic nitrogens is 1. The van der Waals surface area contributed by atoms with Crippen LogP contribution in [0.5, 0.6) is 0 Å². The van der Waals surface area contributed by atoms with Crippen molar-refractivity contribution in [3.63, 3.8) is 0 Å². The zero-order valence-corrected chi connectivity index (χ0v) is 11.5. The first-order chi connectivity index (χ1) is 8.13. The smallest absolute Gasteiger partial charge is 0.0703 e. The fourth-order valence-corrected chi connectivity index (χ4v) is 1.53. The van der Waals surface area contributed by atoms with Crippen molar-refractivity contribution in [2.24, 2.45) is 0 Å². The maximum absolute atomic E-state index is 4.49. The lowest BCUT2D eigenvalue weighted by atomic mass is 9.98. The van der Waals surface area contributed by atoms with Gasteiger partial charge in [-0.25, -0.2) is 4.98 Å². The molecule has 17 heavy (non-hydrogen) atoms. The molecule has 0 spiro atoms. The van der Waals surface area contributed by atoms with Gasteiger partial charge in [-0.2, -0.15) is 0 Å². The van der Waals surface area contributed by atoms with Crippen molar-refractivity contribution in [3.05, 3.63) is 48.3 Å². The first kappa shape index (κ1) is 15.4. The van der Waals surface area contributed by atoms with E-state index in [4.69, 9.17) is 0 Å². The quantitative estimate of drug-likeness (QED) is 0.695. The summed E-state index contributed by atoms with van der Waals surface area (Å²) in [5.41, 5.74) is 4.03. The molecule has 0 saturated carbocycles. The van der Waals surface area contributed by atoms with Crippen LogP contribution in [0.4, 0.5) is 0 Å². The minimum Gasteiger partial charge on any atom is -0.248 e. The molecule has 0 bridgehead atoms. The Bertz CT molecular complexity index is 400. The van der Waals surface area contributed by atoms with Crippen LogP contribution >= 0.6 is 0 Å². The Hall–Kier alpha value is -1.63. The summed E-state index contributed by atoms with van der Waals surface area (Å²) >= 11 is 0. The van der Waals surface area contributed by atoms with Gasteiger partial charge in [0.25, 0.3) is 0 Å². The van der Waals surface area contributed by atoms with E-state index in [0.29, 0.717) is 5.92 Å². The molecule has 0 fully saturated rings. The van der Waals surface area contributed by atoms with E-state index >= 15 is 0 Å². The molecule has 1 heteroatoms. The van der Waals surface area contributed by atoms with Crippen LogP contribution in [0.15, 0.2) is 25.8 Å². The lowest BCUT2D eigenvalue weighted by Gasteiger charge is -2.12. The van der Waals surface area contributed by atoms with Crippen molar-refractivity contribution in [3.8, 4) is 0 Å². The van der Waals surface area contributed by atoms with Gasteiger partial charge in [-0.1, -0.05) is 53.5 Å². The molecule has 0 radical (unpaired) electrons. The van der Waals surface area contributed by atoms with Crippen LogP contribution in [0.3, 0.4) is 0 Å². The normalized spacial score (nSPS) is 9.24. The van der Waals surface area contributed by atoms with Gasteiger partial charge in [0, 0.05) is 0 Å². The van der Waals surface area contributed by atoms with Gasteiger partial charge in [0.15, 0.2) is 0 Å². The Morgan fingerprint density at radius 2 is 1.53 bits per heavy atom. The summed E-state index contributed by atoms with van der Waals surface area (Å²) in [7, 11) is 0. The highest BCUT2D eigenvalue weighted by Crippen LogP contribution is 2.23. The number of nitrogens with zero attached hydrogens (tertiary/aromatic N) is 1. The van der Waals surface area contributed by atoms with Crippen molar-refractivity contribution in [1.29, 1.82) is 0 Å². The van der Waals surface area contributed by atoms with Crippen molar-refractivity contribution >= 4 is 18.2 Å². The predicted molar refractivity (Wildman–Crippen MR) is 79.9 cm³/mol. The van der Waals surface area contributed by atoms with Gasteiger partial charge in [-0.05, 0) is 35.3 Å². The minimum absolute atomic E-state index is 0.433. The number of pyridine rings is 1. The first-order valence-electron chi connectivity index (χ1n) is 6.06. The molecule has 0 aliphatic carbocycles. The molecule has 0 unspecified atom stereocenters. The number of hydrogen-bond acceptors (Lipinski definition) is 1. The monoisotopic (exact) mass is 229 g/mol. The van der Waals surface area contributed by atoms with Crippen molar-refractivity contribution in [2.75, 3.05) is 0 Å². The van der Waals surface area contributed by atoms with E-state index in [0.717, 1.165) is 17.0 Å². The average Bonchev–Trinajstić information content (AvgIpc) is 2.39. The average molecular weight is 229 g/mol. The van der Waals surface area contributed by atoms with Crippen LogP contribution in [0.1, 0.15) is 56.1 Å². The second-order valence-electron chi connectivity index (χ2n) is 3.70. The van der Waals surface area contributed by atoms with Crippen LogP contribution in [-0.4, -0.2) is 4.98 Å². The molecule has 0 atom stereocenters. The summed E-state index contributed by atoms with van der Waals surface area (Å²) < 4.78 is 0. The van der Waals surface area contributed by atoms with Crippen LogP contribution in [0.2, 0.25) is 0 Å². The molecule has 0 saturated heterocycles. The molecule has 92 valence electrons. The number of rotatable bonds is 4. The molecule has 1 rings (SSSR count). The molecule has 1 aromatic heterocycles. The summed E-state index contributed by atoms with van der Waals surface area (Å²) in [6.45, 7) is 19.6. The molecule has 1 aromatic rings. The van der Waals surface area contributed by atoms with Gasteiger partial charge in [0.2, 0.25) is 0 Å². The Labute approximate surface area is 106 Å². The van der Waals surface area contributed by atoms with E-state index in [1.165, 1.54) is 5.56 Å². The fraction of sp³-hybridized carbons (Fsp3) is 0.312. The van der Waals surface area contributed by atoms with Crippen LogP contribution < -0.4 is 0 Å². The molecule has 1 heterocycles. The van der Waals surface area contributed by atoms with Gasteiger partial charge in [0.1, 0.15) is 0 Å². The molecule has 1 nitrogen and oxygen atoms in total. The zero-order chi connectivity index (χ0) is 13.4. The highest BCUT2D eigenvalue weighted by Gasteiger charge is 2.08. The SMILES string of the molecule is C=Cc1cc(C(C)C)c(C=C)nc1C=C.CC. The lowest BCUT2D eigenvalue weighted by Crippen LogP contribution is -1.99. The van der Waals surface area contributed by atoms with E-state index in [9.17, 15) is 0 Å². The summed E-state index contributed by atoms with van der Waals surface area (Å²) in [6.07, 6.45) is 5.34. The van der Waals surface area contributed by atoms with Crippen LogP contribution in [-0.2, 0) is 0 Å². The van der Waals surface area contributed by atoms with Crippen LogP contribution in [0.25, 0.3) is 18.2 Å². The second-order valence-corrected chi connectivity index (χ2v) is 3.70. The molecule has 0 aromatic carbocycles. The van der Waals surface area contributed by atoms with Gasteiger partial charge in [-0.15, -0.1) is 0 Å². The standard InChI is InChI=1S/C14H17N.C2H6/c1-6-11-9-12(10(4)5)14(8-3)15-13(11)7-2;1-2/h6-10H,1-3H2,4-5H3;1-2H3. The lowest BCUT2D eigenvalue weighted by molar-refractivity contribution is 0.852. The van der Waals surface area contributed by atoms with Crippen molar-refractivity contribution in [2.45, 2.75) is 33.6 Å². The molecule has 0 aliphatic heterocycles. The Kier molecular flexibility index (Phi) is 6.88. The summed E-state index contributed by atoms with van der Waals surface area (Å²) in [5.74, 6) is 0.433. The van der Waals surface area contributed by atoms with Gasteiger partial charge in [0.05, 0.1) is 11.4 Å². The summed E-state index contributed by atoms with van der Waals surface area (Å²) in [4.78, 5) is 4.49. The molecule has 0 amide bonds. The topological polar surface area (TPSA) is 12.9 Å². The largest absolute Gasteiger partial charge is 0.248 e. The first-order valence-corrected chi connectivity index (χ1v) is 6.06. The van der Waals surface area contributed by atoms with E-state index in [-0.39, 0.29) is 0 Å². The third-order valence-corrected chi connectivity index (χ3v) is 2.37. The summed E-state index contributed by atoms with van der Waals surface area (Å²) in [5, 5.41) is 0. The van der Waals surface area contributed by atoms with E-state index in [1.807, 2.05) is 19.9 Å².